The zero-order chi connectivity index (χ0) is 29.1. The van der Waals surface area contributed by atoms with Gasteiger partial charge >= 0.3 is 12.1 Å². The van der Waals surface area contributed by atoms with Crippen molar-refractivity contribution in [1.82, 2.24) is 20.3 Å². The lowest BCUT2D eigenvalue weighted by Gasteiger charge is -2.51. The Kier molecular flexibility index (Phi) is 6.23. The molecule has 1 aromatic carbocycles. The predicted octanol–water partition coefficient (Wildman–Crippen LogP) is 6.94. The molecule has 12 heteroatoms. The van der Waals surface area contributed by atoms with Crippen LogP contribution in [0.4, 0.5) is 13.2 Å². The number of carboxylic acid groups (broad SMARTS) is 1. The Hall–Kier alpha value is -4.06. The average Bonchev–Trinajstić information content (AvgIpc) is 3.55. The first-order valence-electron chi connectivity index (χ1n) is 14.0. The maximum atomic E-state index is 13.8. The number of pyridine rings is 1. The molecule has 0 radical (unpaired) electrons. The fourth-order valence-corrected chi connectivity index (χ4v) is 6.40. The van der Waals surface area contributed by atoms with Crippen LogP contribution in [0.1, 0.15) is 90.6 Å². The molecule has 0 spiro atoms. The van der Waals surface area contributed by atoms with E-state index in [1.165, 1.54) is 24.4 Å². The van der Waals surface area contributed by atoms with Gasteiger partial charge in [-0.1, -0.05) is 28.5 Å². The van der Waals surface area contributed by atoms with Crippen molar-refractivity contribution in [2.75, 3.05) is 0 Å². The van der Waals surface area contributed by atoms with Crippen LogP contribution in [0.3, 0.4) is 0 Å². The van der Waals surface area contributed by atoms with Gasteiger partial charge in [-0.15, -0.1) is 0 Å². The Morgan fingerprint density at radius 3 is 2.38 bits per heavy atom. The Bertz CT molecular complexity index is 1620. The van der Waals surface area contributed by atoms with Gasteiger partial charge in [0.25, 0.3) is 0 Å². The third kappa shape index (κ3) is 4.67. The van der Waals surface area contributed by atoms with Gasteiger partial charge in [0.15, 0.2) is 0 Å². The standard InChI is InChI=1S/C30H27F3N4O5/c31-30(32,33)21-4-2-1-3-19(21)23-20(24(41-36-23)17-5-6-17)16-40-29-12-9-28(10-13-29,11-14-29)27-35-25(37-42-27)18-7-8-22(26(38)39)34-15-18/h1-4,7-8,15,17H,5-6,9-14,16H2,(H,38,39). The van der Waals surface area contributed by atoms with Gasteiger partial charge in [0.2, 0.25) is 11.7 Å². The van der Waals surface area contributed by atoms with Crippen LogP contribution in [0.25, 0.3) is 22.6 Å². The Morgan fingerprint density at radius 2 is 1.74 bits per heavy atom. The van der Waals surface area contributed by atoms with Crippen molar-refractivity contribution >= 4 is 5.97 Å². The maximum absolute atomic E-state index is 13.8. The zero-order valence-corrected chi connectivity index (χ0v) is 22.5. The largest absolute Gasteiger partial charge is 0.477 e. The van der Waals surface area contributed by atoms with Gasteiger partial charge in [-0.25, -0.2) is 9.78 Å². The summed E-state index contributed by atoms with van der Waals surface area (Å²) >= 11 is 0. The highest BCUT2D eigenvalue weighted by Crippen LogP contribution is 2.55. The third-order valence-electron chi connectivity index (χ3n) is 9.07. The first-order chi connectivity index (χ1) is 20.2. The van der Waals surface area contributed by atoms with E-state index < -0.39 is 23.3 Å². The Balaban J connectivity index is 1.08. The molecule has 3 heterocycles. The second kappa shape index (κ2) is 9.75. The number of hydrogen-bond acceptors (Lipinski definition) is 8. The highest BCUT2D eigenvalue weighted by molar-refractivity contribution is 5.85. The van der Waals surface area contributed by atoms with Gasteiger partial charge in [0, 0.05) is 28.8 Å². The summed E-state index contributed by atoms with van der Waals surface area (Å²) in [5, 5.41) is 17.3. The molecule has 2 bridgehead atoms. The van der Waals surface area contributed by atoms with Crippen molar-refractivity contribution in [1.29, 1.82) is 0 Å². The van der Waals surface area contributed by atoms with Crippen LogP contribution in [0, 0.1) is 0 Å². The van der Waals surface area contributed by atoms with E-state index in [0.29, 0.717) is 28.6 Å². The van der Waals surface area contributed by atoms with Gasteiger partial charge in [0.1, 0.15) is 17.1 Å². The van der Waals surface area contributed by atoms with Crippen molar-refractivity contribution < 1.29 is 36.9 Å². The fraction of sp³-hybridized carbons (Fsp3) is 0.433. The highest BCUT2D eigenvalue weighted by atomic mass is 19.4. The summed E-state index contributed by atoms with van der Waals surface area (Å²) in [6.45, 7) is 0.133. The molecule has 42 heavy (non-hydrogen) atoms. The van der Waals surface area contributed by atoms with Crippen LogP contribution in [-0.4, -0.2) is 37.0 Å². The number of carboxylic acids is 1. The molecule has 0 saturated heterocycles. The molecular formula is C30H27F3N4O5. The normalized spacial score (nSPS) is 23.8. The number of nitrogens with zero attached hydrogens (tertiary/aromatic N) is 4. The van der Waals surface area contributed by atoms with Crippen LogP contribution >= 0.6 is 0 Å². The Morgan fingerprint density at radius 1 is 1.00 bits per heavy atom. The fourth-order valence-electron chi connectivity index (χ4n) is 6.40. The molecule has 1 N–H and O–H groups in total. The minimum atomic E-state index is -4.52. The van der Waals surface area contributed by atoms with Crippen LogP contribution < -0.4 is 0 Å². The smallest absolute Gasteiger partial charge is 0.417 e. The van der Waals surface area contributed by atoms with E-state index in [1.807, 2.05) is 0 Å². The quantitative estimate of drug-likeness (QED) is 0.236. The van der Waals surface area contributed by atoms with Gasteiger partial charge in [-0.2, -0.15) is 18.2 Å². The van der Waals surface area contributed by atoms with Crippen molar-refractivity contribution in [2.45, 2.75) is 81.1 Å². The molecule has 3 aromatic heterocycles. The van der Waals surface area contributed by atoms with E-state index in [-0.39, 0.29) is 34.9 Å². The second-order valence-electron chi connectivity index (χ2n) is 11.6. The van der Waals surface area contributed by atoms with Crippen LogP contribution in [0.15, 0.2) is 51.6 Å². The molecule has 0 unspecified atom stereocenters. The maximum Gasteiger partial charge on any atom is 0.417 e. The van der Waals surface area contributed by atoms with Crippen molar-refractivity contribution in [3.8, 4) is 22.6 Å². The lowest BCUT2D eigenvalue weighted by molar-refractivity contribution is -0.137. The number of alkyl halides is 3. The van der Waals surface area contributed by atoms with Crippen molar-refractivity contribution in [3.63, 3.8) is 0 Å². The van der Waals surface area contributed by atoms with E-state index in [4.69, 9.17) is 18.9 Å². The number of aromatic carboxylic acids is 1. The number of halogens is 3. The summed E-state index contributed by atoms with van der Waals surface area (Å²) in [7, 11) is 0. The lowest BCUT2D eigenvalue weighted by Crippen LogP contribution is -2.49. The van der Waals surface area contributed by atoms with Gasteiger partial charge in [0.05, 0.1) is 23.2 Å². The monoisotopic (exact) mass is 580 g/mol. The summed E-state index contributed by atoms with van der Waals surface area (Å²) in [5.41, 5.74) is -0.113. The molecule has 4 saturated carbocycles. The van der Waals surface area contributed by atoms with Crippen LogP contribution in [-0.2, 0) is 22.9 Å². The van der Waals surface area contributed by atoms with E-state index in [0.717, 1.165) is 57.4 Å². The summed E-state index contributed by atoms with van der Waals surface area (Å²) in [6, 6.07) is 8.45. The first-order valence-corrected chi connectivity index (χ1v) is 14.0. The summed E-state index contributed by atoms with van der Waals surface area (Å²) < 4.78 is 59.4. The molecule has 9 nitrogen and oxygen atoms in total. The molecule has 4 aromatic rings. The van der Waals surface area contributed by atoms with E-state index in [2.05, 4.69) is 20.3 Å². The van der Waals surface area contributed by atoms with E-state index in [9.17, 15) is 18.0 Å². The lowest BCUT2D eigenvalue weighted by atomic mass is 9.58. The predicted molar refractivity (Wildman–Crippen MR) is 140 cm³/mol. The number of carbonyl (C=O) groups is 1. The minimum absolute atomic E-state index is 0.00283. The number of rotatable bonds is 8. The molecule has 0 amide bonds. The topological polar surface area (TPSA) is 124 Å². The first kappa shape index (κ1) is 26.8. The number of benzene rings is 1. The Labute approximate surface area is 238 Å². The third-order valence-corrected chi connectivity index (χ3v) is 9.07. The molecular weight excluding hydrogens is 553 g/mol. The minimum Gasteiger partial charge on any atom is -0.477 e. The van der Waals surface area contributed by atoms with Gasteiger partial charge in [-0.3, -0.25) is 0 Å². The van der Waals surface area contributed by atoms with Crippen molar-refractivity contribution in [2.24, 2.45) is 0 Å². The number of aromatic nitrogens is 4. The molecule has 218 valence electrons. The second-order valence-corrected chi connectivity index (χ2v) is 11.6. The van der Waals surface area contributed by atoms with Crippen LogP contribution in [0.2, 0.25) is 0 Å². The van der Waals surface area contributed by atoms with E-state index in [1.54, 1.807) is 12.1 Å². The zero-order valence-electron chi connectivity index (χ0n) is 22.5. The summed E-state index contributed by atoms with van der Waals surface area (Å²) in [5.74, 6) is 0.583. The van der Waals surface area contributed by atoms with Gasteiger partial charge in [-0.05, 0) is 69.6 Å². The van der Waals surface area contributed by atoms with E-state index >= 15 is 0 Å². The highest BCUT2D eigenvalue weighted by Gasteiger charge is 2.53. The molecule has 8 rings (SSSR count). The SMILES string of the molecule is O=C(O)c1ccc(-c2noc(C34CCC(OCc5c(-c6ccccc6C(F)(F)F)noc5C5CC5)(CC3)CC4)n2)cn1. The molecule has 0 aliphatic heterocycles. The van der Waals surface area contributed by atoms with Crippen LogP contribution in [0.5, 0.6) is 0 Å². The number of hydrogen-bond donors (Lipinski definition) is 1. The summed E-state index contributed by atoms with van der Waals surface area (Å²) in [4.78, 5) is 19.7. The van der Waals surface area contributed by atoms with Crippen molar-refractivity contribution in [3.05, 3.63) is 71.1 Å². The summed E-state index contributed by atoms with van der Waals surface area (Å²) in [6.07, 6.45) is 3.29. The average molecular weight is 581 g/mol. The van der Waals surface area contributed by atoms with Gasteiger partial charge < -0.3 is 18.9 Å². The number of fused-ring (bicyclic) bond motifs is 3. The molecule has 0 atom stereocenters. The molecule has 4 aliphatic rings. The molecule has 4 aliphatic carbocycles. The molecule has 4 fully saturated rings. The number of ether oxygens (including phenoxy) is 1.